The molecule has 0 bridgehead atoms. The van der Waals surface area contributed by atoms with Gasteiger partial charge in [-0.05, 0) is 55.4 Å². The van der Waals surface area contributed by atoms with Crippen molar-refractivity contribution in [3.8, 4) is 5.75 Å². The van der Waals surface area contributed by atoms with Gasteiger partial charge in [-0.25, -0.2) is 4.79 Å². The number of carboxylic acid groups (broad SMARTS) is 1. The van der Waals surface area contributed by atoms with E-state index in [2.05, 4.69) is 16.0 Å². The SMILES string of the molecule is CCC(C)C(NC(=O)C(NC(=O)C(CCSC)NC(=O)C(N)Cc1ccc(O)cc1)C(C)O)C(=O)O. The van der Waals surface area contributed by atoms with Crippen LogP contribution in [0.15, 0.2) is 24.3 Å². The number of phenols is 1. The summed E-state index contributed by atoms with van der Waals surface area (Å²) < 4.78 is 0. The number of carbonyl (C=O) groups excluding carboxylic acids is 3. The van der Waals surface area contributed by atoms with Crippen molar-refractivity contribution in [3.63, 3.8) is 0 Å². The third-order valence-corrected chi connectivity index (χ3v) is 6.46. The Morgan fingerprint density at radius 1 is 0.972 bits per heavy atom. The first-order valence-corrected chi connectivity index (χ1v) is 13.1. The zero-order valence-electron chi connectivity index (χ0n) is 21.1. The van der Waals surface area contributed by atoms with E-state index in [1.54, 1.807) is 26.0 Å². The summed E-state index contributed by atoms with van der Waals surface area (Å²) in [5.41, 5.74) is 6.74. The van der Waals surface area contributed by atoms with Crippen LogP contribution in [0.1, 0.15) is 39.2 Å². The Morgan fingerprint density at radius 2 is 1.56 bits per heavy atom. The molecule has 0 heterocycles. The Kier molecular flexibility index (Phi) is 13.3. The number of carboxylic acids is 1. The number of aliphatic hydroxyl groups excluding tert-OH is 1. The van der Waals surface area contributed by atoms with Crippen LogP contribution in [0.3, 0.4) is 0 Å². The van der Waals surface area contributed by atoms with Gasteiger partial charge in [0.2, 0.25) is 17.7 Å². The van der Waals surface area contributed by atoms with Gasteiger partial charge in [0.1, 0.15) is 23.9 Å². The summed E-state index contributed by atoms with van der Waals surface area (Å²) in [6, 6.07) is 1.61. The second-order valence-corrected chi connectivity index (χ2v) is 9.74. The van der Waals surface area contributed by atoms with Crippen LogP contribution in [-0.4, -0.2) is 81.3 Å². The van der Waals surface area contributed by atoms with Gasteiger partial charge in [0.15, 0.2) is 0 Å². The fourth-order valence-corrected chi connectivity index (χ4v) is 3.82. The lowest BCUT2D eigenvalue weighted by atomic mass is 9.98. The third kappa shape index (κ3) is 10.0. The van der Waals surface area contributed by atoms with Crippen LogP contribution in [0, 0.1) is 5.92 Å². The van der Waals surface area contributed by atoms with Crippen molar-refractivity contribution in [2.24, 2.45) is 11.7 Å². The van der Waals surface area contributed by atoms with Gasteiger partial charge in [-0.3, -0.25) is 14.4 Å². The minimum atomic E-state index is -1.43. The summed E-state index contributed by atoms with van der Waals surface area (Å²) in [4.78, 5) is 50.1. The highest BCUT2D eigenvalue weighted by Crippen LogP contribution is 2.12. The number of benzene rings is 1. The number of aliphatic hydroxyl groups is 1. The Morgan fingerprint density at radius 3 is 2.06 bits per heavy atom. The number of rotatable bonds is 15. The number of aliphatic carboxylic acids is 1. The average molecular weight is 527 g/mol. The Hall–Kier alpha value is -2.83. The smallest absolute Gasteiger partial charge is 0.326 e. The maximum absolute atomic E-state index is 13.0. The van der Waals surface area contributed by atoms with Crippen LogP contribution in [0.25, 0.3) is 0 Å². The molecule has 1 aromatic carbocycles. The van der Waals surface area contributed by atoms with Gasteiger partial charge in [-0.1, -0.05) is 32.4 Å². The van der Waals surface area contributed by atoms with Crippen LogP contribution < -0.4 is 21.7 Å². The monoisotopic (exact) mass is 526 g/mol. The van der Waals surface area contributed by atoms with Crippen LogP contribution >= 0.6 is 11.8 Å². The summed E-state index contributed by atoms with van der Waals surface area (Å²) in [6.07, 6.45) is 1.42. The molecule has 0 saturated heterocycles. The van der Waals surface area contributed by atoms with Gasteiger partial charge in [-0.15, -0.1) is 0 Å². The van der Waals surface area contributed by atoms with Gasteiger partial charge in [0.25, 0.3) is 0 Å². The number of carbonyl (C=O) groups is 4. The number of aromatic hydroxyl groups is 1. The quantitative estimate of drug-likeness (QED) is 0.165. The molecule has 6 unspecified atom stereocenters. The van der Waals surface area contributed by atoms with Crippen LogP contribution in [0.4, 0.5) is 0 Å². The number of thioether (sulfide) groups is 1. The first kappa shape index (κ1) is 31.2. The van der Waals surface area contributed by atoms with Crippen LogP contribution in [0.2, 0.25) is 0 Å². The maximum atomic E-state index is 13.0. The van der Waals surface area contributed by atoms with E-state index in [1.807, 2.05) is 6.26 Å². The van der Waals surface area contributed by atoms with Gasteiger partial charge in [0, 0.05) is 0 Å². The van der Waals surface area contributed by atoms with Crippen LogP contribution in [-0.2, 0) is 25.6 Å². The molecule has 0 fully saturated rings. The van der Waals surface area contributed by atoms with Gasteiger partial charge in [-0.2, -0.15) is 11.8 Å². The molecule has 0 aromatic heterocycles. The largest absolute Gasteiger partial charge is 0.508 e. The predicted molar refractivity (Wildman–Crippen MR) is 137 cm³/mol. The molecule has 36 heavy (non-hydrogen) atoms. The summed E-state index contributed by atoms with van der Waals surface area (Å²) in [5.74, 6) is -3.12. The van der Waals surface area contributed by atoms with Gasteiger partial charge in [0.05, 0.1) is 12.1 Å². The molecule has 1 rings (SSSR count). The molecule has 8 N–H and O–H groups in total. The van der Waals surface area contributed by atoms with Crippen molar-refractivity contribution >= 4 is 35.5 Å². The predicted octanol–water partition coefficient (Wildman–Crippen LogP) is -0.0190. The molecule has 202 valence electrons. The van der Waals surface area contributed by atoms with E-state index in [9.17, 15) is 34.5 Å². The van der Waals surface area contributed by atoms with Crippen molar-refractivity contribution in [2.45, 2.75) is 70.3 Å². The highest BCUT2D eigenvalue weighted by Gasteiger charge is 2.34. The van der Waals surface area contributed by atoms with E-state index in [4.69, 9.17) is 5.73 Å². The lowest BCUT2D eigenvalue weighted by molar-refractivity contribution is -0.144. The van der Waals surface area contributed by atoms with Crippen molar-refractivity contribution in [3.05, 3.63) is 29.8 Å². The standard InChI is InChI=1S/C24H38N4O7S/c1-5-13(2)19(24(34)35)27-23(33)20(14(3)29)28-22(32)18(10-11-36-4)26-21(31)17(25)12-15-6-8-16(30)9-7-15/h6-9,13-14,17-20,29-30H,5,10-12,25H2,1-4H3,(H,26,31)(H,27,33)(H,28,32)(H,34,35). The number of hydrogen-bond donors (Lipinski definition) is 7. The molecular formula is C24H38N4O7S. The number of nitrogens with one attached hydrogen (secondary N) is 3. The fourth-order valence-electron chi connectivity index (χ4n) is 3.35. The summed E-state index contributed by atoms with van der Waals surface area (Å²) in [6.45, 7) is 4.75. The summed E-state index contributed by atoms with van der Waals surface area (Å²) in [7, 11) is 0. The third-order valence-electron chi connectivity index (χ3n) is 5.81. The Balaban J connectivity index is 2.93. The van der Waals surface area contributed by atoms with Crippen LogP contribution in [0.5, 0.6) is 5.75 Å². The molecule has 1 aromatic rings. The first-order valence-electron chi connectivity index (χ1n) is 11.8. The number of hydrogen-bond acceptors (Lipinski definition) is 8. The lowest BCUT2D eigenvalue weighted by Crippen LogP contribution is -2.60. The summed E-state index contributed by atoms with van der Waals surface area (Å²) in [5, 5.41) is 36.4. The minimum absolute atomic E-state index is 0.0844. The highest BCUT2D eigenvalue weighted by molar-refractivity contribution is 7.98. The molecule has 0 radical (unpaired) electrons. The molecule has 3 amide bonds. The number of amides is 3. The zero-order chi connectivity index (χ0) is 27.4. The van der Waals surface area contributed by atoms with E-state index in [-0.39, 0.29) is 24.5 Å². The van der Waals surface area contributed by atoms with Crippen molar-refractivity contribution in [1.82, 2.24) is 16.0 Å². The second kappa shape index (κ2) is 15.3. The highest BCUT2D eigenvalue weighted by atomic mass is 32.2. The molecule has 12 heteroatoms. The van der Waals surface area contributed by atoms with Gasteiger partial charge < -0.3 is 37.0 Å². The zero-order valence-corrected chi connectivity index (χ0v) is 21.9. The minimum Gasteiger partial charge on any atom is -0.508 e. The topological polar surface area (TPSA) is 191 Å². The Bertz CT molecular complexity index is 882. The van der Waals surface area contributed by atoms with E-state index in [0.717, 1.165) is 5.56 Å². The van der Waals surface area contributed by atoms with Crippen molar-refractivity contribution < 1.29 is 34.5 Å². The van der Waals surface area contributed by atoms with E-state index >= 15 is 0 Å². The molecule has 11 nitrogen and oxygen atoms in total. The molecule has 0 aliphatic rings. The molecule has 0 aliphatic heterocycles. The number of phenolic OH excluding ortho intramolecular Hbond substituents is 1. The molecule has 0 saturated carbocycles. The van der Waals surface area contributed by atoms with Gasteiger partial charge >= 0.3 is 5.97 Å². The maximum Gasteiger partial charge on any atom is 0.326 e. The number of nitrogens with two attached hydrogens (primary N) is 1. The van der Waals surface area contributed by atoms with E-state index in [1.165, 1.54) is 30.8 Å². The van der Waals surface area contributed by atoms with Crippen molar-refractivity contribution in [2.75, 3.05) is 12.0 Å². The lowest BCUT2D eigenvalue weighted by Gasteiger charge is -2.27. The van der Waals surface area contributed by atoms with E-state index < -0.39 is 54.0 Å². The first-order chi connectivity index (χ1) is 16.9. The molecule has 0 aliphatic carbocycles. The molecule has 0 spiro atoms. The summed E-state index contributed by atoms with van der Waals surface area (Å²) >= 11 is 1.46. The second-order valence-electron chi connectivity index (χ2n) is 8.76. The normalized spacial score (nSPS) is 16.1. The molecule has 6 atom stereocenters. The molecular weight excluding hydrogens is 488 g/mol. The van der Waals surface area contributed by atoms with Crippen molar-refractivity contribution in [1.29, 1.82) is 0 Å². The Labute approximate surface area is 215 Å². The van der Waals surface area contributed by atoms with E-state index in [0.29, 0.717) is 12.2 Å². The fraction of sp³-hybridized carbons (Fsp3) is 0.583. The average Bonchev–Trinajstić information content (AvgIpc) is 2.83.